The van der Waals surface area contributed by atoms with Crippen molar-refractivity contribution >= 4 is 33.4 Å². The van der Waals surface area contributed by atoms with Crippen LogP contribution in [0, 0.1) is 0 Å². The number of hydrogen-bond donors (Lipinski definition) is 0. The van der Waals surface area contributed by atoms with Gasteiger partial charge in [-0.25, -0.2) is 9.97 Å². The predicted molar refractivity (Wildman–Crippen MR) is 109 cm³/mol. The molecule has 2 aliphatic rings. The second-order valence-corrected chi connectivity index (χ2v) is 7.64. The Bertz CT molecular complexity index is 847. The number of nitrogens with zero attached hydrogens (tertiary/aromatic N) is 4. The summed E-state index contributed by atoms with van der Waals surface area (Å²) in [5.41, 5.74) is 2.09. The highest BCUT2D eigenvalue weighted by molar-refractivity contribution is 6.03. The maximum absolute atomic E-state index is 5.06. The molecule has 0 amide bonds. The normalized spacial score (nSPS) is 18.6. The Hall–Kier alpha value is -2.36. The van der Waals surface area contributed by atoms with Gasteiger partial charge in [0.05, 0.1) is 11.0 Å². The van der Waals surface area contributed by atoms with Gasteiger partial charge in [0.25, 0.3) is 0 Å². The van der Waals surface area contributed by atoms with E-state index in [-0.39, 0.29) is 0 Å². The van der Waals surface area contributed by atoms with E-state index in [1.54, 1.807) is 0 Å². The number of aromatic nitrogens is 2. The molecular weight excluding hydrogens is 320 g/mol. The minimum absolute atomic E-state index is 1.05. The molecule has 4 heterocycles. The van der Waals surface area contributed by atoms with Crippen LogP contribution in [-0.2, 0) is 0 Å². The number of anilines is 2. The second kappa shape index (κ2) is 6.75. The van der Waals surface area contributed by atoms with Gasteiger partial charge in [-0.3, -0.25) is 0 Å². The van der Waals surface area contributed by atoms with Crippen LogP contribution in [0.4, 0.5) is 11.6 Å². The summed E-state index contributed by atoms with van der Waals surface area (Å²) >= 11 is 0. The molecule has 0 saturated carbocycles. The zero-order chi connectivity index (χ0) is 17.3. The third-order valence-corrected chi connectivity index (χ3v) is 5.85. The molecule has 2 fully saturated rings. The highest BCUT2D eigenvalue weighted by Gasteiger charge is 2.16. The van der Waals surface area contributed by atoms with Crippen LogP contribution >= 0.6 is 0 Å². The number of benzene rings is 1. The van der Waals surface area contributed by atoms with Crippen molar-refractivity contribution in [2.45, 2.75) is 38.5 Å². The third-order valence-electron chi connectivity index (χ3n) is 5.85. The quantitative estimate of drug-likeness (QED) is 0.626. The van der Waals surface area contributed by atoms with Crippen LogP contribution in [0.15, 0.2) is 36.4 Å². The van der Waals surface area contributed by atoms with Gasteiger partial charge in [0.2, 0.25) is 0 Å². The molecule has 0 aliphatic carbocycles. The Morgan fingerprint density at radius 3 is 1.31 bits per heavy atom. The van der Waals surface area contributed by atoms with Crippen LogP contribution in [0.1, 0.15) is 38.5 Å². The average molecular weight is 346 g/mol. The van der Waals surface area contributed by atoms with Gasteiger partial charge in [0.1, 0.15) is 11.6 Å². The van der Waals surface area contributed by atoms with E-state index >= 15 is 0 Å². The van der Waals surface area contributed by atoms with Crippen molar-refractivity contribution in [1.29, 1.82) is 0 Å². The molecule has 0 atom stereocenters. The molecule has 2 saturated heterocycles. The fraction of sp³-hybridized carbons (Fsp3) is 0.455. The van der Waals surface area contributed by atoms with E-state index in [0.29, 0.717) is 0 Å². The van der Waals surface area contributed by atoms with Crippen LogP contribution in [0.3, 0.4) is 0 Å². The van der Waals surface area contributed by atoms with Crippen LogP contribution in [0.25, 0.3) is 21.8 Å². The van der Waals surface area contributed by atoms with Gasteiger partial charge in [-0.05, 0) is 62.8 Å². The van der Waals surface area contributed by atoms with Crippen LogP contribution < -0.4 is 9.80 Å². The number of pyridine rings is 2. The van der Waals surface area contributed by atoms with Crippen LogP contribution in [0.5, 0.6) is 0 Å². The maximum Gasteiger partial charge on any atom is 0.129 e. The van der Waals surface area contributed by atoms with Gasteiger partial charge < -0.3 is 9.80 Å². The molecule has 5 rings (SSSR count). The molecule has 4 nitrogen and oxygen atoms in total. The molecule has 4 heteroatoms. The van der Waals surface area contributed by atoms with Crippen LogP contribution in [-0.4, -0.2) is 36.1 Å². The van der Waals surface area contributed by atoms with Gasteiger partial charge >= 0.3 is 0 Å². The minimum atomic E-state index is 1.05. The smallest absolute Gasteiger partial charge is 0.129 e. The summed E-state index contributed by atoms with van der Waals surface area (Å²) < 4.78 is 0. The molecule has 2 aromatic heterocycles. The highest BCUT2D eigenvalue weighted by Crippen LogP contribution is 2.28. The standard InChI is InChI=1S/C22H26N4/c1-3-13-25(14-4-1)19-11-9-17-7-8-18-10-12-20(24-22(18)21(17)23-19)26-15-5-2-6-16-26/h7-12H,1-6,13-16H2. The van der Waals surface area contributed by atoms with E-state index in [9.17, 15) is 0 Å². The van der Waals surface area contributed by atoms with Gasteiger partial charge in [-0.1, -0.05) is 12.1 Å². The Morgan fingerprint density at radius 1 is 0.500 bits per heavy atom. The van der Waals surface area contributed by atoms with Crippen molar-refractivity contribution in [2.24, 2.45) is 0 Å². The van der Waals surface area contributed by atoms with Gasteiger partial charge in [-0.2, -0.15) is 0 Å². The molecule has 0 radical (unpaired) electrons. The van der Waals surface area contributed by atoms with E-state index in [1.807, 2.05) is 0 Å². The van der Waals surface area contributed by atoms with Crippen molar-refractivity contribution in [2.75, 3.05) is 36.0 Å². The van der Waals surface area contributed by atoms with Crippen molar-refractivity contribution in [1.82, 2.24) is 9.97 Å². The van der Waals surface area contributed by atoms with Crippen molar-refractivity contribution in [3.05, 3.63) is 36.4 Å². The molecule has 26 heavy (non-hydrogen) atoms. The van der Waals surface area contributed by atoms with E-state index < -0.39 is 0 Å². The topological polar surface area (TPSA) is 32.3 Å². The number of hydrogen-bond acceptors (Lipinski definition) is 4. The van der Waals surface area contributed by atoms with Gasteiger partial charge in [0, 0.05) is 37.0 Å². The fourth-order valence-corrected chi connectivity index (χ4v) is 4.35. The zero-order valence-electron chi connectivity index (χ0n) is 15.3. The molecule has 2 aliphatic heterocycles. The Morgan fingerprint density at radius 2 is 0.885 bits per heavy atom. The number of rotatable bonds is 2. The predicted octanol–water partition coefficient (Wildman–Crippen LogP) is 4.76. The molecule has 0 N–H and O–H groups in total. The van der Waals surface area contributed by atoms with Crippen LogP contribution in [0.2, 0.25) is 0 Å². The first kappa shape index (κ1) is 15.9. The Balaban J connectivity index is 1.61. The lowest BCUT2D eigenvalue weighted by Crippen LogP contribution is -2.30. The summed E-state index contributed by atoms with van der Waals surface area (Å²) in [6.07, 6.45) is 7.76. The SMILES string of the molecule is c1cc2ccc3ccc(N4CCCCC4)nc3c2nc1N1CCCCC1. The van der Waals surface area contributed by atoms with Gasteiger partial charge in [0.15, 0.2) is 0 Å². The summed E-state index contributed by atoms with van der Waals surface area (Å²) in [5, 5.41) is 2.36. The first-order chi connectivity index (χ1) is 12.9. The summed E-state index contributed by atoms with van der Waals surface area (Å²) in [7, 11) is 0. The molecular formula is C22H26N4. The van der Waals surface area contributed by atoms with E-state index in [0.717, 1.165) is 48.8 Å². The number of piperidine rings is 2. The Kier molecular flexibility index (Phi) is 4.12. The van der Waals surface area contributed by atoms with Crippen molar-refractivity contribution < 1.29 is 0 Å². The first-order valence-corrected chi connectivity index (χ1v) is 10.1. The second-order valence-electron chi connectivity index (χ2n) is 7.64. The summed E-state index contributed by atoms with van der Waals surface area (Å²) in [4.78, 5) is 15.0. The maximum atomic E-state index is 5.06. The largest absolute Gasteiger partial charge is 0.357 e. The molecule has 134 valence electrons. The lowest BCUT2D eigenvalue weighted by molar-refractivity contribution is 0.574. The molecule has 0 spiro atoms. The van der Waals surface area contributed by atoms with Crippen molar-refractivity contribution in [3.63, 3.8) is 0 Å². The molecule has 0 bridgehead atoms. The molecule has 0 unspecified atom stereocenters. The average Bonchev–Trinajstić information content (AvgIpc) is 2.74. The van der Waals surface area contributed by atoms with E-state index in [1.165, 1.54) is 49.3 Å². The number of fused-ring (bicyclic) bond motifs is 3. The van der Waals surface area contributed by atoms with Gasteiger partial charge in [-0.15, -0.1) is 0 Å². The lowest BCUT2D eigenvalue weighted by atomic mass is 10.1. The zero-order valence-corrected chi connectivity index (χ0v) is 15.3. The highest BCUT2D eigenvalue weighted by atomic mass is 15.2. The lowest BCUT2D eigenvalue weighted by Gasteiger charge is -2.28. The van der Waals surface area contributed by atoms with Crippen molar-refractivity contribution in [3.8, 4) is 0 Å². The minimum Gasteiger partial charge on any atom is -0.357 e. The summed E-state index contributed by atoms with van der Waals surface area (Å²) in [6.45, 7) is 4.48. The first-order valence-electron chi connectivity index (χ1n) is 10.1. The monoisotopic (exact) mass is 346 g/mol. The fourth-order valence-electron chi connectivity index (χ4n) is 4.35. The summed E-state index contributed by atoms with van der Waals surface area (Å²) in [5.74, 6) is 2.21. The summed E-state index contributed by atoms with van der Waals surface area (Å²) in [6, 6.07) is 13.1. The molecule has 3 aromatic rings. The van der Waals surface area contributed by atoms with E-state index in [2.05, 4.69) is 46.2 Å². The Labute approximate surface area is 154 Å². The van der Waals surface area contributed by atoms with E-state index in [4.69, 9.17) is 9.97 Å². The third kappa shape index (κ3) is 2.87. The molecule has 1 aromatic carbocycles.